The fourth-order valence-corrected chi connectivity index (χ4v) is 3.52. The van der Waals surface area contributed by atoms with Gasteiger partial charge in [-0.3, -0.25) is 4.79 Å². The minimum atomic E-state index is -0.496. The molecular weight excluding hydrogens is 324 g/mol. The summed E-state index contributed by atoms with van der Waals surface area (Å²) in [5.41, 5.74) is 1.22. The second-order valence-corrected chi connectivity index (χ2v) is 6.58. The average Bonchev–Trinajstić information content (AvgIpc) is 2.64. The molecule has 24 heavy (non-hydrogen) atoms. The number of pyridine rings is 1. The largest absolute Gasteiger partial charge is 0.497 e. The van der Waals surface area contributed by atoms with Crippen LogP contribution in [0.2, 0.25) is 5.15 Å². The number of halogens is 1. The van der Waals surface area contributed by atoms with Crippen LogP contribution in [0.15, 0.2) is 42.6 Å². The summed E-state index contributed by atoms with van der Waals surface area (Å²) in [5.74, 6) is 0.823. The van der Waals surface area contributed by atoms with Gasteiger partial charge in [0.05, 0.1) is 24.4 Å². The highest BCUT2D eigenvalue weighted by atomic mass is 35.5. The van der Waals surface area contributed by atoms with Gasteiger partial charge in [-0.2, -0.15) is 0 Å². The Morgan fingerprint density at radius 3 is 2.42 bits per heavy atom. The maximum atomic E-state index is 13.1. The first-order valence-electron chi connectivity index (χ1n) is 8.22. The number of nitrogens with one attached hydrogen (secondary N) is 1. The molecule has 1 aromatic heterocycles. The van der Waals surface area contributed by atoms with Crippen molar-refractivity contribution in [1.29, 1.82) is 0 Å². The Labute approximate surface area is 147 Å². The molecule has 0 bridgehead atoms. The van der Waals surface area contributed by atoms with E-state index in [2.05, 4.69) is 10.3 Å². The van der Waals surface area contributed by atoms with E-state index in [-0.39, 0.29) is 5.91 Å². The van der Waals surface area contributed by atoms with Crippen LogP contribution in [0.1, 0.15) is 37.7 Å². The van der Waals surface area contributed by atoms with Crippen LogP contribution in [-0.2, 0) is 10.2 Å². The fraction of sp³-hybridized carbons (Fsp3) is 0.368. The summed E-state index contributed by atoms with van der Waals surface area (Å²) in [7, 11) is 1.64. The van der Waals surface area contributed by atoms with E-state index in [0.29, 0.717) is 10.8 Å². The summed E-state index contributed by atoms with van der Waals surface area (Å²) in [6.07, 6.45) is 6.58. The zero-order chi connectivity index (χ0) is 17.0. The average molecular weight is 345 g/mol. The molecule has 1 aliphatic rings. The highest BCUT2D eigenvalue weighted by Gasteiger charge is 2.41. The molecule has 1 aromatic carbocycles. The molecule has 0 saturated heterocycles. The quantitative estimate of drug-likeness (QED) is 0.826. The number of rotatable bonds is 4. The number of carbonyl (C=O) groups excluding carboxylic acids is 1. The molecule has 0 radical (unpaired) electrons. The van der Waals surface area contributed by atoms with Crippen molar-refractivity contribution in [1.82, 2.24) is 4.98 Å². The monoisotopic (exact) mass is 344 g/mol. The molecule has 0 unspecified atom stereocenters. The van der Waals surface area contributed by atoms with Gasteiger partial charge in [-0.15, -0.1) is 0 Å². The number of methoxy groups -OCH3 is 1. The summed E-state index contributed by atoms with van der Waals surface area (Å²) >= 11 is 5.81. The van der Waals surface area contributed by atoms with E-state index in [1.807, 2.05) is 24.3 Å². The highest BCUT2D eigenvalue weighted by molar-refractivity contribution is 6.29. The number of benzene rings is 1. The molecule has 126 valence electrons. The van der Waals surface area contributed by atoms with Crippen LogP contribution < -0.4 is 10.1 Å². The Bertz CT molecular complexity index is 692. The van der Waals surface area contributed by atoms with Gasteiger partial charge in [0.25, 0.3) is 0 Å². The molecule has 2 aromatic rings. The van der Waals surface area contributed by atoms with Gasteiger partial charge in [-0.25, -0.2) is 4.98 Å². The standard InChI is InChI=1S/C19H21ClN2O2/c1-24-16-8-5-14(6-9-16)19(11-3-2-4-12-19)18(23)22-15-7-10-17(20)21-13-15/h5-10,13H,2-4,11-12H2,1H3,(H,22,23). The van der Waals surface area contributed by atoms with Crippen molar-refractivity contribution in [3.05, 3.63) is 53.3 Å². The van der Waals surface area contributed by atoms with Crippen LogP contribution in [0.25, 0.3) is 0 Å². The smallest absolute Gasteiger partial charge is 0.235 e. The first-order chi connectivity index (χ1) is 11.6. The van der Waals surface area contributed by atoms with Crippen molar-refractivity contribution < 1.29 is 9.53 Å². The molecule has 1 N–H and O–H groups in total. The molecule has 1 amide bonds. The predicted molar refractivity (Wildman–Crippen MR) is 95.6 cm³/mol. The van der Waals surface area contributed by atoms with Gasteiger partial charge in [0.1, 0.15) is 10.9 Å². The zero-order valence-corrected chi connectivity index (χ0v) is 14.5. The molecule has 1 heterocycles. The van der Waals surface area contributed by atoms with E-state index >= 15 is 0 Å². The van der Waals surface area contributed by atoms with Crippen molar-refractivity contribution in [3.63, 3.8) is 0 Å². The molecule has 1 aliphatic carbocycles. The minimum absolute atomic E-state index is 0.0245. The van der Waals surface area contributed by atoms with Gasteiger partial charge in [0.15, 0.2) is 0 Å². The number of hydrogen-bond acceptors (Lipinski definition) is 3. The Hall–Kier alpha value is -2.07. The van der Waals surface area contributed by atoms with Crippen LogP contribution >= 0.6 is 11.6 Å². The Morgan fingerprint density at radius 1 is 1.12 bits per heavy atom. The number of hydrogen-bond donors (Lipinski definition) is 1. The fourth-order valence-electron chi connectivity index (χ4n) is 3.41. The maximum absolute atomic E-state index is 13.1. The summed E-state index contributed by atoms with van der Waals surface area (Å²) < 4.78 is 5.24. The lowest BCUT2D eigenvalue weighted by Crippen LogP contribution is -2.42. The molecule has 3 rings (SSSR count). The normalized spacial score (nSPS) is 16.4. The van der Waals surface area contributed by atoms with Gasteiger partial charge in [0.2, 0.25) is 5.91 Å². The molecule has 1 fully saturated rings. The van der Waals surface area contributed by atoms with Crippen molar-refractivity contribution in [2.75, 3.05) is 12.4 Å². The van der Waals surface area contributed by atoms with Crippen LogP contribution in [-0.4, -0.2) is 18.0 Å². The number of anilines is 1. The zero-order valence-electron chi connectivity index (χ0n) is 13.7. The third kappa shape index (κ3) is 3.39. The molecule has 4 nitrogen and oxygen atoms in total. The van der Waals surface area contributed by atoms with Gasteiger partial charge >= 0.3 is 0 Å². The molecule has 0 aliphatic heterocycles. The summed E-state index contributed by atoms with van der Waals surface area (Å²) in [6, 6.07) is 11.3. The van der Waals surface area contributed by atoms with Crippen molar-refractivity contribution in [2.45, 2.75) is 37.5 Å². The lowest BCUT2D eigenvalue weighted by atomic mass is 9.68. The van der Waals surface area contributed by atoms with Crippen LogP contribution in [0, 0.1) is 0 Å². The summed E-state index contributed by atoms with van der Waals surface area (Å²) in [6.45, 7) is 0. The van der Waals surface area contributed by atoms with E-state index in [4.69, 9.17) is 16.3 Å². The molecular formula is C19H21ClN2O2. The van der Waals surface area contributed by atoms with Gasteiger partial charge < -0.3 is 10.1 Å². The van der Waals surface area contributed by atoms with Crippen LogP contribution in [0.3, 0.4) is 0 Å². The van der Waals surface area contributed by atoms with E-state index in [0.717, 1.165) is 37.0 Å². The van der Waals surface area contributed by atoms with Crippen molar-refractivity contribution in [2.24, 2.45) is 0 Å². The Kier molecular flexibility index (Phi) is 5.05. The molecule has 5 heteroatoms. The third-order valence-electron chi connectivity index (χ3n) is 4.77. The van der Waals surface area contributed by atoms with Crippen molar-refractivity contribution in [3.8, 4) is 5.75 Å². The van der Waals surface area contributed by atoms with E-state index in [9.17, 15) is 4.79 Å². The van der Waals surface area contributed by atoms with Gasteiger partial charge in [-0.05, 0) is 42.7 Å². The highest BCUT2D eigenvalue weighted by Crippen LogP contribution is 2.41. The lowest BCUT2D eigenvalue weighted by molar-refractivity contribution is -0.122. The van der Waals surface area contributed by atoms with Gasteiger partial charge in [0, 0.05) is 0 Å². The number of nitrogens with zero attached hydrogens (tertiary/aromatic N) is 1. The topological polar surface area (TPSA) is 51.2 Å². The van der Waals surface area contributed by atoms with Gasteiger partial charge in [-0.1, -0.05) is 43.0 Å². The molecule has 0 atom stereocenters. The predicted octanol–water partition coefficient (Wildman–Crippen LogP) is 4.58. The first-order valence-corrected chi connectivity index (χ1v) is 8.59. The van der Waals surface area contributed by atoms with Crippen LogP contribution in [0.4, 0.5) is 5.69 Å². The number of carbonyl (C=O) groups is 1. The Morgan fingerprint density at radius 2 is 1.83 bits per heavy atom. The van der Waals surface area contributed by atoms with E-state index in [1.54, 1.807) is 25.4 Å². The van der Waals surface area contributed by atoms with Crippen LogP contribution in [0.5, 0.6) is 5.75 Å². The first kappa shape index (κ1) is 16.8. The number of amides is 1. The number of aromatic nitrogens is 1. The summed E-state index contributed by atoms with van der Waals surface area (Å²) in [4.78, 5) is 17.2. The van der Waals surface area contributed by atoms with E-state index < -0.39 is 5.41 Å². The lowest BCUT2D eigenvalue weighted by Gasteiger charge is -2.36. The SMILES string of the molecule is COc1ccc(C2(C(=O)Nc3ccc(Cl)nc3)CCCCC2)cc1. The number of ether oxygens (including phenoxy) is 1. The maximum Gasteiger partial charge on any atom is 0.235 e. The second-order valence-electron chi connectivity index (χ2n) is 6.19. The second kappa shape index (κ2) is 7.22. The van der Waals surface area contributed by atoms with E-state index in [1.165, 1.54) is 6.42 Å². The van der Waals surface area contributed by atoms with Crippen molar-refractivity contribution >= 4 is 23.2 Å². The molecule has 1 saturated carbocycles. The summed E-state index contributed by atoms with van der Waals surface area (Å²) in [5, 5.41) is 3.43. The molecule has 0 spiro atoms. The minimum Gasteiger partial charge on any atom is -0.497 e. The third-order valence-corrected chi connectivity index (χ3v) is 4.99. The Balaban J connectivity index is 1.89.